The molecule has 0 spiro atoms. The minimum atomic E-state index is 0.384. The number of nitrogens with one attached hydrogen (secondary N) is 1. The van der Waals surface area contributed by atoms with Crippen LogP contribution in [0.3, 0.4) is 0 Å². The second kappa shape index (κ2) is 5.92. The van der Waals surface area contributed by atoms with Crippen LogP contribution in [0.25, 0.3) is 0 Å². The summed E-state index contributed by atoms with van der Waals surface area (Å²) in [5.41, 5.74) is 6.33. The molecule has 1 aromatic heterocycles. The number of benzene rings is 2. The molecule has 0 bridgehead atoms. The molecule has 5 nitrogen and oxygen atoms in total. The summed E-state index contributed by atoms with van der Waals surface area (Å²) in [6.07, 6.45) is 0. The van der Waals surface area contributed by atoms with E-state index in [9.17, 15) is 0 Å². The summed E-state index contributed by atoms with van der Waals surface area (Å²) in [4.78, 5) is 0. The molecule has 0 saturated heterocycles. The van der Waals surface area contributed by atoms with Crippen LogP contribution in [-0.4, -0.2) is 10.2 Å². The Hall–Kier alpha value is -3.08. The zero-order valence-corrected chi connectivity index (χ0v) is 11.2. The number of ether oxygens (including phenoxy) is 1. The maximum absolute atomic E-state index is 5.87. The van der Waals surface area contributed by atoms with Crippen LogP contribution in [-0.2, 0) is 0 Å². The Balaban J connectivity index is 1.84. The van der Waals surface area contributed by atoms with Crippen molar-refractivity contribution in [2.24, 2.45) is 0 Å². The van der Waals surface area contributed by atoms with Crippen LogP contribution in [0.5, 0.6) is 11.5 Å². The van der Waals surface area contributed by atoms with Gasteiger partial charge in [0, 0.05) is 0 Å². The molecular weight excluding hydrogens is 264 g/mol. The first-order valence-corrected chi connectivity index (χ1v) is 6.49. The van der Waals surface area contributed by atoms with Gasteiger partial charge in [-0.25, -0.2) is 0 Å². The fraction of sp³-hybridized carbons (Fsp3) is 0. The van der Waals surface area contributed by atoms with Crippen molar-refractivity contribution in [3.05, 3.63) is 66.7 Å². The number of rotatable bonds is 4. The van der Waals surface area contributed by atoms with E-state index >= 15 is 0 Å². The van der Waals surface area contributed by atoms with E-state index < -0.39 is 0 Å². The van der Waals surface area contributed by atoms with Gasteiger partial charge in [-0.15, -0.1) is 10.2 Å². The van der Waals surface area contributed by atoms with Gasteiger partial charge in [0.15, 0.2) is 11.6 Å². The van der Waals surface area contributed by atoms with Crippen LogP contribution >= 0.6 is 0 Å². The van der Waals surface area contributed by atoms with Crippen LogP contribution in [0.4, 0.5) is 17.3 Å². The molecule has 0 radical (unpaired) electrons. The first kappa shape index (κ1) is 12.9. The number of aromatic nitrogens is 2. The molecular formula is C16H14N4O. The van der Waals surface area contributed by atoms with Crippen LogP contribution < -0.4 is 15.8 Å². The van der Waals surface area contributed by atoms with E-state index in [1.807, 2.05) is 54.6 Å². The quantitative estimate of drug-likeness (QED) is 0.763. The minimum absolute atomic E-state index is 0.384. The summed E-state index contributed by atoms with van der Waals surface area (Å²) in [5, 5.41) is 11.0. The Morgan fingerprint density at radius 1 is 0.810 bits per heavy atom. The van der Waals surface area contributed by atoms with E-state index in [0.717, 1.165) is 11.4 Å². The van der Waals surface area contributed by atoms with E-state index in [1.165, 1.54) is 0 Å². The number of hydrogen-bond acceptors (Lipinski definition) is 5. The van der Waals surface area contributed by atoms with Crippen molar-refractivity contribution in [1.29, 1.82) is 0 Å². The van der Waals surface area contributed by atoms with Gasteiger partial charge < -0.3 is 15.8 Å². The van der Waals surface area contributed by atoms with Crippen LogP contribution in [0.15, 0.2) is 66.7 Å². The predicted octanol–water partition coefficient (Wildman–Crippen LogP) is 3.59. The lowest BCUT2D eigenvalue weighted by Crippen LogP contribution is -1.99. The van der Waals surface area contributed by atoms with Gasteiger partial charge in [-0.2, -0.15) is 0 Å². The molecule has 0 saturated carbocycles. The third-order valence-electron chi connectivity index (χ3n) is 2.81. The summed E-state index contributed by atoms with van der Waals surface area (Å²) in [5.74, 6) is 2.47. The molecule has 0 aliphatic rings. The molecule has 5 heteroatoms. The zero-order valence-electron chi connectivity index (χ0n) is 11.2. The van der Waals surface area contributed by atoms with Gasteiger partial charge in [-0.1, -0.05) is 30.3 Å². The van der Waals surface area contributed by atoms with Gasteiger partial charge in [0.1, 0.15) is 11.6 Å². The maximum atomic E-state index is 5.87. The number of nitrogen functional groups attached to an aromatic ring is 1. The normalized spacial score (nSPS) is 10.1. The SMILES string of the molecule is Nc1ccc(Nc2ccccc2Oc2ccccc2)nn1. The van der Waals surface area contributed by atoms with E-state index in [2.05, 4.69) is 15.5 Å². The Bertz CT molecular complexity index is 714. The average Bonchev–Trinajstić information content (AvgIpc) is 2.52. The van der Waals surface area contributed by atoms with E-state index in [1.54, 1.807) is 12.1 Å². The molecule has 1 heterocycles. The summed E-state index contributed by atoms with van der Waals surface area (Å²) in [6, 6.07) is 20.7. The van der Waals surface area contributed by atoms with Crippen molar-refractivity contribution in [3.63, 3.8) is 0 Å². The molecule has 0 aliphatic carbocycles. The van der Waals surface area contributed by atoms with Crippen LogP contribution in [0.2, 0.25) is 0 Å². The number of anilines is 3. The Kier molecular flexibility index (Phi) is 3.64. The molecule has 0 amide bonds. The molecule has 0 aliphatic heterocycles. The number of hydrogen-bond donors (Lipinski definition) is 2. The van der Waals surface area contributed by atoms with Gasteiger partial charge in [0.2, 0.25) is 0 Å². The fourth-order valence-corrected chi connectivity index (χ4v) is 1.82. The standard InChI is InChI=1S/C16H14N4O/c17-15-10-11-16(20-19-15)18-13-8-4-5-9-14(13)21-12-6-2-1-3-7-12/h1-11H,(H2,17,19)(H,18,20). The highest BCUT2D eigenvalue weighted by Gasteiger charge is 2.05. The van der Waals surface area contributed by atoms with Crippen molar-refractivity contribution in [2.75, 3.05) is 11.1 Å². The number of para-hydroxylation sites is 3. The summed E-state index contributed by atoms with van der Waals surface area (Å²) in [7, 11) is 0. The van der Waals surface area contributed by atoms with Crippen LogP contribution in [0.1, 0.15) is 0 Å². The fourth-order valence-electron chi connectivity index (χ4n) is 1.82. The molecule has 3 aromatic rings. The Morgan fingerprint density at radius 3 is 2.33 bits per heavy atom. The number of nitrogens with two attached hydrogens (primary N) is 1. The smallest absolute Gasteiger partial charge is 0.153 e. The second-order valence-electron chi connectivity index (χ2n) is 4.38. The van der Waals surface area contributed by atoms with E-state index in [-0.39, 0.29) is 0 Å². The minimum Gasteiger partial charge on any atom is -0.455 e. The molecule has 0 atom stereocenters. The lowest BCUT2D eigenvalue weighted by atomic mass is 10.3. The lowest BCUT2D eigenvalue weighted by Gasteiger charge is -2.12. The molecule has 104 valence electrons. The second-order valence-corrected chi connectivity index (χ2v) is 4.38. The molecule has 3 rings (SSSR count). The largest absolute Gasteiger partial charge is 0.455 e. The highest BCUT2D eigenvalue weighted by Crippen LogP contribution is 2.30. The summed E-state index contributed by atoms with van der Waals surface area (Å²) in [6.45, 7) is 0. The predicted molar refractivity (Wildman–Crippen MR) is 82.7 cm³/mol. The van der Waals surface area contributed by atoms with Crippen molar-refractivity contribution in [1.82, 2.24) is 10.2 Å². The Morgan fingerprint density at radius 2 is 1.57 bits per heavy atom. The maximum Gasteiger partial charge on any atom is 0.153 e. The van der Waals surface area contributed by atoms with Gasteiger partial charge in [0.05, 0.1) is 5.69 Å². The molecule has 0 unspecified atom stereocenters. The Labute approximate surface area is 122 Å². The van der Waals surface area contributed by atoms with Crippen molar-refractivity contribution in [3.8, 4) is 11.5 Å². The average molecular weight is 278 g/mol. The zero-order chi connectivity index (χ0) is 14.5. The first-order valence-electron chi connectivity index (χ1n) is 6.49. The van der Waals surface area contributed by atoms with E-state index in [0.29, 0.717) is 17.4 Å². The van der Waals surface area contributed by atoms with Gasteiger partial charge in [-0.05, 0) is 36.4 Å². The van der Waals surface area contributed by atoms with Gasteiger partial charge in [0.25, 0.3) is 0 Å². The molecule has 21 heavy (non-hydrogen) atoms. The van der Waals surface area contributed by atoms with Crippen molar-refractivity contribution in [2.45, 2.75) is 0 Å². The van der Waals surface area contributed by atoms with Crippen molar-refractivity contribution >= 4 is 17.3 Å². The number of nitrogens with zero attached hydrogens (tertiary/aromatic N) is 2. The lowest BCUT2D eigenvalue weighted by molar-refractivity contribution is 0.485. The van der Waals surface area contributed by atoms with Crippen LogP contribution in [0, 0.1) is 0 Å². The topological polar surface area (TPSA) is 73.1 Å². The van der Waals surface area contributed by atoms with Gasteiger partial charge in [-0.3, -0.25) is 0 Å². The monoisotopic (exact) mass is 278 g/mol. The highest BCUT2D eigenvalue weighted by molar-refractivity contribution is 5.64. The molecule has 2 aromatic carbocycles. The first-order chi connectivity index (χ1) is 10.3. The molecule has 3 N–H and O–H groups in total. The third-order valence-corrected chi connectivity index (χ3v) is 2.81. The summed E-state index contributed by atoms with van der Waals surface area (Å²) < 4.78 is 5.87. The van der Waals surface area contributed by atoms with E-state index in [4.69, 9.17) is 10.5 Å². The third kappa shape index (κ3) is 3.27. The van der Waals surface area contributed by atoms with Crippen molar-refractivity contribution < 1.29 is 4.74 Å². The summed E-state index contributed by atoms with van der Waals surface area (Å²) >= 11 is 0. The molecule has 0 fully saturated rings. The highest BCUT2D eigenvalue weighted by atomic mass is 16.5. The van der Waals surface area contributed by atoms with Gasteiger partial charge >= 0.3 is 0 Å².